The minimum absolute atomic E-state index is 0.309. The van der Waals surface area contributed by atoms with Crippen molar-refractivity contribution in [3.8, 4) is 0 Å². The molecule has 0 saturated carbocycles. The van der Waals surface area contributed by atoms with Crippen LogP contribution in [0.3, 0.4) is 0 Å². The van der Waals surface area contributed by atoms with Crippen molar-refractivity contribution in [1.29, 1.82) is 0 Å². The van der Waals surface area contributed by atoms with Gasteiger partial charge in [-0.05, 0) is 23.8 Å². The zero-order chi connectivity index (χ0) is 15.1. The van der Waals surface area contributed by atoms with Crippen molar-refractivity contribution in [2.75, 3.05) is 0 Å². The number of thioether (sulfide) groups is 1. The summed E-state index contributed by atoms with van der Waals surface area (Å²) in [7, 11) is 0. The summed E-state index contributed by atoms with van der Waals surface area (Å²) in [5.41, 5.74) is 7.19. The molecule has 0 spiro atoms. The fourth-order valence-corrected chi connectivity index (χ4v) is 2.29. The highest BCUT2D eigenvalue weighted by molar-refractivity contribution is 8.13. The number of rotatable bonds is 4. The van der Waals surface area contributed by atoms with Crippen LogP contribution < -0.4 is 5.73 Å². The molecule has 6 heteroatoms. The van der Waals surface area contributed by atoms with E-state index in [0.717, 1.165) is 5.56 Å². The average Bonchev–Trinajstić information content (AvgIpc) is 2.48. The third-order valence-corrected chi connectivity index (χ3v) is 3.64. The molecule has 2 N–H and O–H groups in total. The largest absolute Gasteiger partial charge is 0.377 e. The summed E-state index contributed by atoms with van der Waals surface area (Å²) >= 11 is 7.04. The van der Waals surface area contributed by atoms with Crippen molar-refractivity contribution < 1.29 is 4.39 Å². The Morgan fingerprint density at radius 3 is 2.71 bits per heavy atom. The number of nitrogens with zero attached hydrogens (tertiary/aromatic N) is 2. The average molecular weight is 322 g/mol. The SMILES string of the molecule is NC(=NN=Cc1ccc(Cl)cc1F)SCc1ccccc1. The van der Waals surface area contributed by atoms with Gasteiger partial charge in [0.2, 0.25) is 0 Å². The van der Waals surface area contributed by atoms with Gasteiger partial charge in [0.05, 0.1) is 6.21 Å². The molecule has 2 aromatic rings. The van der Waals surface area contributed by atoms with Gasteiger partial charge in [-0.2, -0.15) is 5.10 Å². The van der Waals surface area contributed by atoms with Crippen molar-refractivity contribution in [1.82, 2.24) is 0 Å². The number of nitrogens with two attached hydrogens (primary N) is 1. The first-order valence-electron chi connectivity index (χ1n) is 6.13. The standard InChI is InChI=1S/C15H13ClFN3S/c16-13-7-6-12(14(17)8-13)9-19-20-15(18)21-10-11-4-2-1-3-5-11/h1-9H,10H2,(H2,18,20). The summed E-state index contributed by atoms with van der Waals surface area (Å²) in [6.45, 7) is 0. The molecule has 108 valence electrons. The van der Waals surface area contributed by atoms with Crippen LogP contribution >= 0.6 is 23.4 Å². The zero-order valence-corrected chi connectivity index (χ0v) is 12.6. The lowest BCUT2D eigenvalue weighted by Crippen LogP contribution is -2.06. The Hall–Kier alpha value is -1.85. The van der Waals surface area contributed by atoms with Crippen LogP contribution in [0.5, 0.6) is 0 Å². The molecule has 21 heavy (non-hydrogen) atoms. The lowest BCUT2D eigenvalue weighted by molar-refractivity contribution is 0.626. The predicted molar refractivity (Wildman–Crippen MR) is 88.4 cm³/mol. The highest BCUT2D eigenvalue weighted by Crippen LogP contribution is 2.14. The molecule has 0 heterocycles. The normalized spacial score (nSPS) is 12.0. The summed E-state index contributed by atoms with van der Waals surface area (Å²) < 4.78 is 13.5. The van der Waals surface area contributed by atoms with Gasteiger partial charge in [-0.15, -0.1) is 5.10 Å². The molecule has 0 aliphatic heterocycles. The van der Waals surface area contributed by atoms with E-state index in [4.69, 9.17) is 17.3 Å². The van der Waals surface area contributed by atoms with Gasteiger partial charge in [-0.1, -0.05) is 53.7 Å². The lowest BCUT2D eigenvalue weighted by Gasteiger charge is -1.99. The number of hydrogen-bond donors (Lipinski definition) is 1. The van der Waals surface area contributed by atoms with E-state index in [1.165, 1.54) is 30.1 Å². The van der Waals surface area contributed by atoms with E-state index in [-0.39, 0.29) is 0 Å². The Balaban J connectivity index is 1.92. The summed E-state index contributed by atoms with van der Waals surface area (Å²) in [4.78, 5) is 0. The lowest BCUT2D eigenvalue weighted by atomic mass is 10.2. The molecule has 0 saturated heterocycles. The van der Waals surface area contributed by atoms with Crippen molar-refractivity contribution in [3.05, 3.63) is 70.5 Å². The Labute approximate surface area is 131 Å². The second-order valence-electron chi connectivity index (χ2n) is 4.12. The van der Waals surface area contributed by atoms with Gasteiger partial charge in [0.1, 0.15) is 5.82 Å². The molecule has 0 aliphatic rings. The topological polar surface area (TPSA) is 50.7 Å². The van der Waals surface area contributed by atoms with Gasteiger partial charge in [0.15, 0.2) is 5.17 Å². The number of hydrogen-bond acceptors (Lipinski definition) is 3. The highest BCUT2D eigenvalue weighted by Gasteiger charge is 2.00. The van der Waals surface area contributed by atoms with E-state index in [0.29, 0.717) is 21.5 Å². The summed E-state index contributed by atoms with van der Waals surface area (Å²) in [5, 5.41) is 8.27. The molecule has 3 nitrogen and oxygen atoms in total. The Morgan fingerprint density at radius 1 is 1.24 bits per heavy atom. The van der Waals surface area contributed by atoms with Gasteiger partial charge in [-0.3, -0.25) is 0 Å². The van der Waals surface area contributed by atoms with Crippen LogP contribution in [-0.4, -0.2) is 11.4 Å². The van der Waals surface area contributed by atoms with Crippen molar-refractivity contribution in [2.24, 2.45) is 15.9 Å². The molecule has 0 aromatic heterocycles. The molecule has 0 bridgehead atoms. The maximum Gasteiger partial charge on any atom is 0.180 e. The van der Waals surface area contributed by atoms with E-state index in [2.05, 4.69) is 10.2 Å². The first-order valence-corrected chi connectivity index (χ1v) is 7.50. The summed E-state index contributed by atoms with van der Waals surface area (Å²) in [5.74, 6) is 0.262. The molecular weight excluding hydrogens is 309 g/mol. The van der Waals surface area contributed by atoms with Crippen molar-refractivity contribution >= 4 is 34.7 Å². The quantitative estimate of drug-likeness (QED) is 0.524. The molecule has 0 aliphatic carbocycles. The van der Waals surface area contributed by atoms with Crippen LogP contribution in [0.2, 0.25) is 5.02 Å². The van der Waals surface area contributed by atoms with Crippen LogP contribution in [0.1, 0.15) is 11.1 Å². The second-order valence-corrected chi connectivity index (χ2v) is 5.55. The monoisotopic (exact) mass is 321 g/mol. The first kappa shape index (κ1) is 15.5. The zero-order valence-electron chi connectivity index (χ0n) is 11.0. The van der Waals surface area contributed by atoms with E-state index >= 15 is 0 Å². The molecular formula is C15H13ClFN3S. The van der Waals surface area contributed by atoms with Gasteiger partial charge in [-0.25, -0.2) is 4.39 Å². The Kier molecular flexibility index (Phi) is 5.78. The highest BCUT2D eigenvalue weighted by atomic mass is 35.5. The molecule has 0 amide bonds. The fraction of sp³-hybridized carbons (Fsp3) is 0.0667. The number of amidine groups is 1. The molecule has 2 aromatic carbocycles. The first-order chi connectivity index (χ1) is 10.1. The minimum Gasteiger partial charge on any atom is -0.377 e. The molecule has 0 unspecified atom stereocenters. The number of halogens is 2. The minimum atomic E-state index is -0.447. The van der Waals surface area contributed by atoms with Crippen LogP contribution in [0, 0.1) is 5.82 Å². The Morgan fingerprint density at radius 2 is 2.00 bits per heavy atom. The third kappa shape index (κ3) is 5.21. The van der Waals surface area contributed by atoms with Gasteiger partial charge in [0, 0.05) is 16.3 Å². The van der Waals surface area contributed by atoms with Gasteiger partial charge < -0.3 is 5.73 Å². The van der Waals surface area contributed by atoms with Gasteiger partial charge >= 0.3 is 0 Å². The summed E-state index contributed by atoms with van der Waals surface area (Å²) in [6.07, 6.45) is 1.31. The predicted octanol–water partition coefficient (Wildman–Crippen LogP) is 4.06. The van der Waals surface area contributed by atoms with Crippen LogP contribution in [0.25, 0.3) is 0 Å². The molecule has 2 rings (SSSR count). The summed E-state index contributed by atoms with van der Waals surface area (Å²) in [6, 6.07) is 14.2. The molecule has 0 radical (unpaired) electrons. The molecule has 0 fully saturated rings. The van der Waals surface area contributed by atoms with E-state index in [1.807, 2.05) is 30.3 Å². The van der Waals surface area contributed by atoms with Crippen LogP contribution in [0.4, 0.5) is 4.39 Å². The maximum atomic E-state index is 13.5. The van der Waals surface area contributed by atoms with Crippen molar-refractivity contribution in [3.63, 3.8) is 0 Å². The molecule has 0 atom stereocenters. The van der Waals surface area contributed by atoms with Gasteiger partial charge in [0.25, 0.3) is 0 Å². The second kappa shape index (κ2) is 7.81. The van der Waals surface area contributed by atoms with E-state index in [9.17, 15) is 4.39 Å². The Bertz CT molecular complexity index is 659. The maximum absolute atomic E-state index is 13.5. The third-order valence-electron chi connectivity index (χ3n) is 2.55. The van der Waals surface area contributed by atoms with Crippen molar-refractivity contribution in [2.45, 2.75) is 5.75 Å². The van der Waals surface area contributed by atoms with Crippen LogP contribution in [0.15, 0.2) is 58.7 Å². The van der Waals surface area contributed by atoms with E-state index < -0.39 is 5.82 Å². The fourth-order valence-electron chi connectivity index (χ4n) is 1.51. The van der Waals surface area contributed by atoms with Crippen LogP contribution in [-0.2, 0) is 5.75 Å². The number of benzene rings is 2. The van der Waals surface area contributed by atoms with E-state index in [1.54, 1.807) is 6.07 Å². The smallest absolute Gasteiger partial charge is 0.180 e.